The maximum Gasteiger partial charge on any atom is 0.121 e. The highest BCUT2D eigenvalue weighted by Gasteiger charge is 2.23. The second-order valence-electron chi connectivity index (χ2n) is 3.87. The van der Waals surface area contributed by atoms with Crippen LogP contribution in [-0.4, -0.2) is 34.8 Å². The molecule has 1 aliphatic heterocycles. The van der Waals surface area contributed by atoms with Crippen LogP contribution in [0.15, 0.2) is 6.07 Å². The van der Waals surface area contributed by atoms with Gasteiger partial charge in [0.1, 0.15) is 5.82 Å². The lowest BCUT2D eigenvalue weighted by Gasteiger charge is -2.06. The first kappa shape index (κ1) is 8.56. The summed E-state index contributed by atoms with van der Waals surface area (Å²) >= 11 is 0. The van der Waals surface area contributed by atoms with Crippen LogP contribution in [0.2, 0.25) is 0 Å². The second kappa shape index (κ2) is 3.03. The fourth-order valence-corrected chi connectivity index (χ4v) is 1.88. The molecule has 1 aromatic heterocycles. The summed E-state index contributed by atoms with van der Waals surface area (Å²) < 4.78 is 1.74. The molecule has 0 bridgehead atoms. The number of rotatable bonds is 1. The predicted octanol–water partition coefficient (Wildman–Crippen LogP) is 0.421. The van der Waals surface area contributed by atoms with Gasteiger partial charge in [-0.1, -0.05) is 0 Å². The molecular formula is C9H16N4. The van der Waals surface area contributed by atoms with Gasteiger partial charge in [0.15, 0.2) is 0 Å². The predicted molar refractivity (Wildman–Crippen MR) is 52.5 cm³/mol. The van der Waals surface area contributed by atoms with Crippen molar-refractivity contribution >= 4 is 5.82 Å². The molecule has 0 radical (unpaired) electrons. The van der Waals surface area contributed by atoms with E-state index in [0.717, 1.165) is 18.1 Å². The molecule has 2 heterocycles. The maximum atomic E-state index is 5.73. The lowest BCUT2D eigenvalue weighted by Crippen LogP contribution is -2.13. The Labute approximate surface area is 78.3 Å². The minimum Gasteiger partial charge on any atom is -0.384 e. The zero-order chi connectivity index (χ0) is 9.42. The third-order valence-electron chi connectivity index (χ3n) is 2.74. The van der Waals surface area contributed by atoms with E-state index in [0.29, 0.717) is 5.92 Å². The van der Waals surface area contributed by atoms with Gasteiger partial charge in [0.05, 0.1) is 5.69 Å². The van der Waals surface area contributed by atoms with Crippen LogP contribution < -0.4 is 5.73 Å². The summed E-state index contributed by atoms with van der Waals surface area (Å²) in [5.74, 6) is 1.33. The third kappa shape index (κ3) is 1.54. The Bertz CT molecular complexity index is 285. The molecule has 13 heavy (non-hydrogen) atoms. The molecule has 1 saturated heterocycles. The van der Waals surface area contributed by atoms with Crippen LogP contribution in [0.25, 0.3) is 0 Å². The topological polar surface area (TPSA) is 47.1 Å². The Hall–Kier alpha value is -1.03. The van der Waals surface area contributed by atoms with Crippen molar-refractivity contribution in [2.24, 2.45) is 7.05 Å². The van der Waals surface area contributed by atoms with Crippen LogP contribution >= 0.6 is 0 Å². The molecule has 0 saturated carbocycles. The molecule has 2 N–H and O–H groups in total. The van der Waals surface area contributed by atoms with Crippen molar-refractivity contribution in [3.8, 4) is 0 Å². The molecule has 0 aliphatic carbocycles. The van der Waals surface area contributed by atoms with Crippen molar-refractivity contribution in [1.29, 1.82) is 0 Å². The molecule has 72 valence electrons. The summed E-state index contributed by atoms with van der Waals surface area (Å²) in [6, 6.07) is 1.99. The summed E-state index contributed by atoms with van der Waals surface area (Å²) in [4.78, 5) is 2.33. The second-order valence-corrected chi connectivity index (χ2v) is 3.87. The molecule has 1 aromatic rings. The maximum absolute atomic E-state index is 5.73. The molecule has 0 aromatic carbocycles. The highest BCUT2D eigenvalue weighted by Crippen LogP contribution is 2.25. The van der Waals surface area contributed by atoms with Gasteiger partial charge in [-0.25, -0.2) is 0 Å². The van der Waals surface area contributed by atoms with Crippen molar-refractivity contribution in [2.75, 3.05) is 25.9 Å². The molecule has 4 heteroatoms. The van der Waals surface area contributed by atoms with Crippen LogP contribution in [0.5, 0.6) is 0 Å². The first-order chi connectivity index (χ1) is 6.16. The minimum absolute atomic E-state index is 0.577. The number of hydrogen-bond donors (Lipinski definition) is 1. The van der Waals surface area contributed by atoms with Crippen molar-refractivity contribution in [3.05, 3.63) is 11.8 Å². The number of anilines is 1. The zero-order valence-corrected chi connectivity index (χ0v) is 8.20. The van der Waals surface area contributed by atoms with E-state index in [9.17, 15) is 0 Å². The zero-order valence-electron chi connectivity index (χ0n) is 8.20. The number of likely N-dealkylation sites (tertiary alicyclic amines) is 1. The Morgan fingerprint density at radius 1 is 1.54 bits per heavy atom. The number of likely N-dealkylation sites (N-methyl/N-ethyl adjacent to an activating group) is 1. The van der Waals surface area contributed by atoms with Crippen molar-refractivity contribution in [2.45, 2.75) is 12.3 Å². The van der Waals surface area contributed by atoms with Crippen molar-refractivity contribution < 1.29 is 0 Å². The quantitative estimate of drug-likeness (QED) is 0.681. The third-order valence-corrected chi connectivity index (χ3v) is 2.74. The van der Waals surface area contributed by atoms with E-state index >= 15 is 0 Å². The van der Waals surface area contributed by atoms with Gasteiger partial charge in [-0.3, -0.25) is 4.68 Å². The van der Waals surface area contributed by atoms with E-state index in [2.05, 4.69) is 17.0 Å². The summed E-state index contributed by atoms with van der Waals surface area (Å²) in [5.41, 5.74) is 6.87. The number of nitrogens with two attached hydrogens (primary N) is 1. The Morgan fingerprint density at radius 2 is 2.31 bits per heavy atom. The summed E-state index contributed by atoms with van der Waals surface area (Å²) in [6.45, 7) is 2.28. The molecular weight excluding hydrogens is 164 g/mol. The van der Waals surface area contributed by atoms with Gasteiger partial charge in [-0.15, -0.1) is 0 Å². The monoisotopic (exact) mass is 180 g/mol. The van der Waals surface area contributed by atoms with Gasteiger partial charge < -0.3 is 10.6 Å². The van der Waals surface area contributed by atoms with E-state index in [1.807, 2.05) is 13.1 Å². The molecule has 1 aliphatic rings. The van der Waals surface area contributed by atoms with E-state index in [1.165, 1.54) is 13.0 Å². The number of nitrogens with zero attached hydrogens (tertiary/aromatic N) is 3. The average molecular weight is 180 g/mol. The Morgan fingerprint density at radius 3 is 2.77 bits per heavy atom. The van der Waals surface area contributed by atoms with Crippen LogP contribution in [0.4, 0.5) is 5.82 Å². The Kier molecular flexibility index (Phi) is 2.00. The highest BCUT2D eigenvalue weighted by atomic mass is 15.3. The van der Waals surface area contributed by atoms with Gasteiger partial charge in [-0.2, -0.15) is 5.10 Å². The number of aromatic nitrogens is 2. The molecule has 1 unspecified atom stereocenters. The van der Waals surface area contributed by atoms with Gasteiger partial charge in [0.25, 0.3) is 0 Å². The van der Waals surface area contributed by atoms with Crippen molar-refractivity contribution in [1.82, 2.24) is 14.7 Å². The number of hydrogen-bond acceptors (Lipinski definition) is 3. The number of aryl methyl sites for hydroxylation is 1. The van der Waals surface area contributed by atoms with Gasteiger partial charge in [0.2, 0.25) is 0 Å². The Balaban J connectivity index is 2.17. The van der Waals surface area contributed by atoms with Crippen LogP contribution in [0.3, 0.4) is 0 Å². The van der Waals surface area contributed by atoms with E-state index < -0.39 is 0 Å². The van der Waals surface area contributed by atoms with Crippen LogP contribution in [0.1, 0.15) is 18.0 Å². The van der Waals surface area contributed by atoms with E-state index in [-0.39, 0.29) is 0 Å². The summed E-state index contributed by atoms with van der Waals surface area (Å²) in [7, 11) is 4.03. The highest BCUT2D eigenvalue weighted by molar-refractivity contribution is 5.32. The smallest absolute Gasteiger partial charge is 0.121 e. The van der Waals surface area contributed by atoms with Crippen molar-refractivity contribution in [3.63, 3.8) is 0 Å². The number of nitrogen functional groups attached to an aromatic ring is 1. The summed E-state index contributed by atoms with van der Waals surface area (Å²) in [5, 5.41) is 4.39. The summed E-state index contributed by atoms with van der Waals surface area (Å²) in [6.07, 6.45) is 1.20. The molecule has 4 nitrogen and oxygen atoms in total. The lowest BCUT2D eigenvalue weighted by molar-refractivity contribution is 0.410. The fraction of sp³-hybridized carbons (Fsp3) is 0.667. The standard InChI is InChI=1S/C9H16N4/c1-12-4-3-7(6-12)8-5-9(10)13(2)11-8/h5,7H,3-4,6,10H2,1-2H3. The first-order valence-electron chi connectivity index (χ1n) is 4.65. The minimum atomic E-state index is 0.577. The SMILES string of the molecule is CN1CCC(c2cc(N)n(C)n2)C1. The molecule has 1 atom stereocenters. The average Bonchev–Trinajstić information content (AvgIpc) is 2.61. The van der Waals surface area contributed by atoms with Crippen LogP contribution in [0, 0.1) is 0 Å². The molecule has 0 spiro atoms. The van der Waals surface area contributed by atoms with E-state index in [1.54, 1.807) is 4.68 Å². The molecule has 1 fully saturated rings. The fourth-order valence-electron chi connectivity index (χ4n) is 1.88. The van der Waals surface area contributed by atoms with Crippen LogP contribution in [-0.2, 0) is 7.05 Å². The normalized spacial score (nSPS) is 24.0. The van der Waals surface area contributed by atoms with E-state index in [4.69, 9.17) is 5.73 Å². The first-order valence-corrected chi connectivity index (χ1v) is 4.65. The van der Waals surface area contributed by atoms with Gasteiger partial charge in [0, 0.05) is 25.6 Å². The lowest BCUT2D eigenvalue weighted by atomic mass is 10.1. The van der Waals surface area contributed by atoms with Gasteiger partial charge in [-0.05, 0) is 20.0 Å². The molecule has 2 rings (SSSR count). The molecule has 0 amide bonds. The largest absolute Gasteiger partial charge is 0.384 e. The van der Waals surface area contributed by atoms with Gasteiger partial charge >= 0.3 is 0 Å².